The number of ether oxygens (including phenoxy) is 2. The van der Waals surface area contributed by atoms with Crippen LogP contribution in [-0.4, -0.2) is 64.4 Å². The topological polar surface area (TPSA) is 122 Å². The Morgan fingerprint density at radius 3 is 2.89 bits per heavy atom. The van der Waals surface area contributed by atoms with Crippen LogP contribution in [0.1, 0.15) is 54.6 Å². The number of hydrogen-bond acceptors (Lipinski definition) is 8. The summed E-state index contributed by atoms with van der Waals surface area (Å²) < 4.78 is 18.5. The molecule has 1 atom stereocenters. The molecule has 1 aliphatic rings. The van der Waals surface area contributed by atoms with E-state index in [1.165, 1.54) is 0 Å². The molecule has 1 amide bonds. The number of amides is 1. The molecule has 154 valence electrons. The summed E-state index contributed by atoms with van der Waals surface area (Å²) >= 11 is 0. The van der Waals surface area contributed by atoms with Crippen molar-refractivity contribution in [2.45, 2.75) is 45.4 Å². The summed E-state index contributed by atoms with van der Waals surface area (Å²) in [5, 5.41) is 11.9. The summed E-state index contributed by atoms with van der Waals surface area (Å²) in [6.45, 7) is 9.82. The van der Waals surface area contributed by atoms with Crippen molar-refractivity contribution in [3.05, 3.63) is 29.0 Å². The predicted octanol–water partition coefficient (Wildman–Crippen LogP) is 0.882. The first-order chi connectivity index (χ1) is 13.3. The Labute approximate surface area is 163 Å². The zero-order valence-electron chi connectivity index (χ0n) is 16.8. The average molecular weight is 392 g/mol. The molecule has 0 bridgehead atoms. The smallest absolute Gasteiger partial charge is 0.284 e. The van der Waals surface area contributed by atoms with E-state index in [1.54, 1.807) is 17.9 Å². The van der Waals surface area contributed by atoms with Crippen molar-refractivity contribution in [3.8, 4) is 0 Å². The highest BCUT2D eigenvalue weighted by molar-refractivity contribution is 5.90. The number of carbonyl (C=O) groups excluding carboxylic acids is 1. The first kappa shape index (κ1) is 20.4. The first-order valence-electron chi connectivity index (χ1n) is 9.31. The van der Waals surface area contributed by atoms with Crippen LogP contribution in [0.25, 0.3) is 0 Å². The largest absolute Gasteiger partial charge is 0.455 e. The van der Waals surface area contributed by atoms with Gasteiger partial charge in [0.1, 0.15) is 11.9 Å². The molecule has 28 heavy (non-hydrogen) atoms. The van der Waals surface area contributed by atoms with E-state index in [0.717, 1.165) is 17.9 Å². The second-order valence-electron chi connectivity index (χ2n) is 7.93. The van der Waals surface area contributed by atoms with Gasteiger partial charge in [-0.2, -0.15) is 0 Å². The van der Waals surface area contributed by atoms with Crippen molar-refractivity contribution in [1.82, 2.24) is 25.1 Å². The molecule has 3 heterocycles. The van der Waals surface area contributed by atoms with E-state index in [2.05, 4.69) is 20.4 Å². The molecule has 10 nitrogen and oxygen atoms in total. The molecule has 0 aromatic carbocycles. The van der Waals surface area contributed by atoms with Crippen LogP contribution in [0.2, 0.25) is 0 Å². The number of tetrazole rings is 1. The molecule has 2 N–H and O–H groups in total. The van der Waals surface area contributed by atoms with Crippen molar-refractivity contribution in [1.29, 1.82) is 0 Å². The lowest BCUT2D eigenvalue weighted by molar-refractivity contribution is -0.0398. The predicted molar refractivity (Wildman–Crippen MR) is 99.6 cm³/mol. The molecule has 10 heteroatoms. The van der Waals surface area contributed by atoms with Crippen molar-refractivity contribution < 1.29 is 18.7 Å². The molecule has 0 unspecified atom stereocenters. The Morgan fingerprint density at radius 1 is 1.43 bits per heavy atom. The summed E-state index contributed by atoms with van der Waals surface area (Å²) in [5.74, 6) is 1.08. The van der Waals surface area contributed by atoms with Crippen LogP contribution in [0, 0.1) is 0 Å². The van der Waals surface area contributed by atoms with Crippen LogP contribution in [0.4, 0.5) is 0 Å². The maximum atomic E-state index is 11.6. The quantitative estimate of drug-likeness (QED) is 0.737. The molecule has 0 aliphatic carbocycles. The van der Waals surface area contributed by atoms with Crippen LogP contribution in [-0.2, 0) is 28.0 Å². The fraction of sp³-hybridized carbons (Fsp3) is 0.667. The highest BCUT2D eigenvalue weighted by atomic mass is 16.5. The second kappa shape index (κ2) is 8.38. The Kier molecular flexibility index (Phi) is 6.11. The molecule has 0 radical (unpaired) electrons. The number of hydrogen-bond donors (Lipinski definition) is 1. The number of nitrogens with zero attached hydrogens (tertiary/aromatic N) is 5. The Morgan fingerprint density at radius 2 is 2.21 bits per heavy atom. The molecule has 0 saturated carbocycles. The number of nitrogens with two attached hydrogens (primary N) is 1. The van der Waals surface area contributed by atoms with Gasteiger partial charge in [0, 0.05) is 37.7 Å². The van der Waals surface area contributed by atoms with Gasteiger partial charge in [-0.15, -0.1) is 5.10 Å². The lowest BCUT2D eigenvalue weighted by atomic mass is 9.90. The normalized spacial score (nSPS) is 18.5. The summed E-state index contributed by atoms with van der Waals surface area (Å²) in [5.41, 5.74) is 6.14. The summed E-state index contributed by atoms with van der Waals surface area (Å²) in [7, 11) is 1.64. The van der Waals surface area contributed by atoms with Gasteiger partial charge in [0.25, 0.3) is 5.91 Å². The minimum atomic E-state index is -0.561. The van der Waals surface area contributed by atoms with Crippen LogP contribution in [0.15, 0.2) is 10.5 Å². The molecule has 1 aliphatic heterocycles. The minimum absolute atomic E-state index is 0.188. The number of aromatic nitrogens is 4. The van der Waals surface area contributed by atoms with Gasteiger partial charge < -0.3 is 19.6 Å². The van der Waals surface area contributed by atoms with Crippen LogP contribution in [0.5, 0.6) is 0 Å². The third-order valence-electron chi connectivity index (χ3n) is 4.63. The van der Waals surface area contributed by atoms with Gasteiger partial charge >= 0.3 is 0 Å². The van der Waals surface area contributed by atoms with Crippen LogP contribution in [0.3, 0.4) is 0 Å². The zero-order chi connectivity index (χ0) is 20.3. The van der Waals surface area contributed by atoms with Gasteiger partial charge in [-0.3, -0.25) is 9.69 Å². The Bertz CT molecular complexity index is 809. The number of morpholine rings is 1. The summed E-state index contributed by atoms with van der Waals surface area (Å²) in [4.78, 5) is 13.8. The SMILES string of the molecule is COCCn1nnnc1[C@@H]1CN(Cc2cc(C(N)=O)oc2C(C)(C)C)CCO1. The molecule has 1 fully saturated rings. The lowest BCUT2D eigenvalue weighted by Gasteiger charge is -2.32. The first-order valence-corrected chi connectivity index (χ1v) is 9.31. The van der Waals surface area contributed by atoms with E-state index in [-0.39, 0.29) is 17.3 Å². The summed E-state index contributed by atoms with van der Waals surface area (Å²) in [6.07, 6.45) is -0.235. The Hall–Kier alpha value is -2.30. The van der Waals surface area contributed by atoms with Crippen molar-refractivity contribution in [2.24, 2.45) is 5.73 Å². The standard InChI is InChI=1S/C18H28N6O4/c1-18(2,3)15-12(9-13(28-15)16(19)25)10-23-5-8-27-14(11-23)17-20-21-22-24(17)6-7-26-4/h9,14H,5-8,10-11H2,1-4H3,(H2,19,25)/t14-/m0/s1. The molecule has 1 saturated heterocycles. The molecular formula is C18H28N6O4. The summed E-state index contributed by atoms with van der Waals surface area (Å²) in [6, 6.07) is 1.75. The van der Waals surface area contributed by atoms with E-state index in [4.69, 9.17) is 19.6 Å². The highest BCUT2D eigenvalue weighted by Gasteiger charge is 2.30. The maximum absolute atomic E-state index is 11.6. The molecular weight excluding hydrogens is 364 g/mol. The van der Waals surface area contributed by atoms with Gasteiger partial charge in [0.2, 0.25) is 0 Å². The van der Waals surface area contributed by atoms with E-state index in [1.807, 2.05) is 20.8 Å². The number of carbonyl (C=O) groups is 1. The van der Waals surface area contributed by atoms with Crippen molar-refractivity contribution in [2.75, 3.05) is 33.4 Å². The highest BCUT2D eigenvalue weighted by Crippen LogP contribution is 2.31. The van der Waals surface area contributed by atoms with Crippen LogP contribution >= 0.6 is 0 Å². The zero-order valence-corrected chi connectivity index (χ0v) is 16.8. The number of rotatable bonds is 7. The third-order valence-corrected chi connectivity index (χ3v) is 4.63. The van der Waals surface area contributed by atoms with Crippen molar-refractivity contribution in [3.63, 3.8) is 0 Å². The number of primary amides is 1. The molecule has 0 spiro atoms. The van der Waals surface area contributed by atoms with Gasteiger partial charge in [-0.25, -0.2) is 4.68 Å². The van der Waals surface area contributed by atoms with Gasteiger partial charge in [-0.05, 0) is 16.5 Å². The molecule has 3 rings (SSSR count). The van der Waals surface area contributed by atoms with E-state index in [0.29, 0.717) is 38.7 Å². The van der Waals surface area contributed by atoms with E-state index < -0.39 is 5.91 Å². The van der Waals surface area contributed by atoms with Crippen LogP contribution < -0.4 is 5.73 Å². The monoisotopic (exact) mass is 392 g/mol. The maximum Gasteiger partial charge on any atom is 0.284 e. The lowest BCUT2D eigenvalue weighted by Crippen LogP contribution is -2.39. The number of methoxy groups -OCH3 is 1. The average Bonchev–Trinajstić information content (AvgIpc) is 3.26. The van der Waals surface area contributed by atoms with E-state index >= 15 is 0 Å². The molecule has 2 aromatic rings. The minimum Gasteiger partial charge on any atom is -0.455 e. The van der Waals surface area contributed by atoms with Gasteiger partial charge in [0.15, 0.2) is 11.6 Å². The fourth-order valence-electron chi connectivity index (χ4n) is 3.32. The number of furan rings is 1. The third kappa shape index (κ3) is 4.57. The fourth-order valence-corrected chi connectivity index (χ4v) is 3.32. The second-order valence-corrected chi connectivity index (χ2v) is 7.93. The van der Waals surface area contributed by atoms with E-state index in [9.17, 15) is 4.79 Å². The molecule has 2 aromatic heterocycles. The Balaban J connectivity index is 1.76. The van der Waals surface area contributed by atoms with Crippen molar-refractivity contribution >= 4 is 5.91 Å². The van der Waals surface area contributed by atoms with Gasteiger partial charge in [0.05, 0.1) is 19.8 Å². The van der Waals surface area contributed by atoms with Gasteiger partial charge in [-0.1, -0.05) is 20.8 Å².